The maximum absolute atomic E-state index is 13.0. The van der Waals surface area contributed by atoms with E-state index >= 15 is 0 Å². The molecule has 3 heterocycles. The molecule has 178 valence electrons. The van der Waals surface area contributed by atoms with Gasteiger partial charge in [0.1, 0.15) is 5.52 Å². The third-order valence-corrected chi connectivity index (χ3v) is 6.85. The van der Waals surface area contributed by atoms with Crippen LogP contribution in [0.4, 0.5) is 0 Å². The van der Waals surface area contributed by atoms with Crippen LogP contribution in [0.1, 0.15) is 52.8 Å². The topological polar surface area (TPSA) is 97.1 Å². The normalized spacial score (nSPS) is 12.5. The SMILES string of the molecule is Cc1ccc(-c2nn3cc(C(=O)NCC(C(C)C)n4nc(C)c(Cl)c4C)cc3c(=O)[nH]2)cc1C. The number of benzene rings is 1. The molecule has 0 saturated carbocycles. The van der Waals surface area contributed by atoms with Crippen molar-refractivity contribution in [2.24, 2.45) is 5.92 Å². The summed E-state index contributed by atoms with van der Waals surface area (Å²) in [6.45, 7) is 12.4. The van der Waals surface area contributed by atoms with Crippen molar-refractivity contribution >= 4 is 23.0 Å². The zero-order valence-electron chi connectivity index (χ0n) is 20.2. The number of H-pyrrole nitrogens is 1. The molecule has 0 aliphatic carbocycles. The lowest BCUT2D eigenvalue weighted by molar-refractivity contribution is 0.0942. The molecule has 0 spiro atoms. The van der Waals surface area contributed by atoms with Crippen LogP contribution in [0.25, 0.3) is 16.9 Å². The van der Waals surface area contributed by atoms with E-state index < -0.39 is 0 Å². The maximum atomic E-state index is 13.0. The number of aromatic amines is 1. The summed E-state index contributed by atoms with van der Waals surface area (Å²) in [5.41, 5.74) is 5.08. The lowest BCUT2D eigenvalue weighted by atomic mass is 10.0. The number of carbonyl (C=O) groups is 1. The van der Waals surface area contributed by atoms with E-state index in [9.17, 15) is 9.59 Å². The minimum absolute atomic E-state index is 0.0647. The highest BCUT2D eigenvalue weighted by Crippen LogP contribution is 2.26. The quantitative estimate of drug-likeness (QED) is 0.427. The Labute approximate surface area is 203 Å². The Morgan fingerprint density at radius 1 is 1.12 bits per heavy atom. The molecule has 34 heavy (non-hydrogen) atoms. The van der Waals surface area contributed by atoms with Crippen LogP contribution >= 0.6 is 11.6 Å². The highest BCUT2D eigenvalue weighted by molar-refractivity contribution is 6.31. The Morgan fingerprint density at radius 3 is 2.47 bits per heavy atom. The molecule has 4 rings (SSSR count). The van der Waals surface area contributed by atoms with Crippen LogP contribution in [0.15, 0.2) is 35.3 Å². The van der Waals surface area contributed by atoms with Crippen molar-refractivity contribution in [1.82, 2.24) is 29.7 Å². The summed E-state index contributed by atoms with van der Waals surface area (Å²) in [6.07, 6.45) is 1.58. The summed E-state index contributed by atoms with van der Waals surface area (Å²) in [5.74, 6) is 0.382. The first-order valence-corrected chi connectivity index (χ1v) is 11.6. The standard InChI is InChI=1S/C25H29ClN6O2/c1-13(2)21(32-17(6)22(26)16(5)29-32)11-27-24(33)19-10-20-25(34)28-23(30-31(20)12-19)18-8-7-14(3)15(4)9-18/h7-10,12-13,21H,11H2,1-6H3,(H,27,33)(H,28,30,34). The van der Waals surface area contributed by atoms with Gasteiger partial charge in [0.15, 0.2) is 5.82 Å². The second-order valence-electron chi connectivity index (χ2n) is 9.11. The summed E-state index contributed by atoms with van der Waals surface area (Å²) >= 11 is 6.33. The van der Waals surface area contributed by atoms with Gasteiger partial charge in [-0.2, -0.15) is 5.10 Å². The number of hydrogen-bond donors (Lipinski definition) is 2. The Balaban J connectivity index is 1.59. The second kappa shape index (κ2) is 9.10. The molecule has 1 aromatic carbocycles. The van der Waals surface area contributed by atoms with Gasteiger partial charge in [0.2, 0.25) is 0 Å². The van der Waals surface area contributed by atoms with Crippen molar-refractivity contribution in [3.05, 3.63) is 73.9 Å². The summed E-state index contributed by atoms with van der Waals surface area (Å²) < 4.78 is 3.33. The van der Waals surface area contributed by atoms with Gasteiger partial charge in [-0.15, -0.1) is 5.10 Å². The van der Waals surface area contributed by atoms with Gasteiger partial charge in [0.05, 0.1) is 28.0 Å². The average Bonchev–Trinajstić information content (AvgIpc) is 3.33. The fraction of sp³-hybridized carbons (Fsp3) is 0.360. The molecule has 3 aromatic heterocycles. The second-order valence-corrected chi connectivity index (χ2v) is 9.49. The Hall–Kier alpha value is -3.39. The number of nitrogens with zero attached hydrogens (tertiary/aromatic N) is 4. The molecule has 2 N–H and O–H groups in total. The first-order valence-electron chi connectivity index (χ1n) is 11.3. The molecule has 8 nitrogen and oxygen atoms in total. The number of hydrogen-bond acceptors (Lipinski definition) is 4. The largest absolute Gasteiger partial charge is 0.350 e. The molecular formula is C25H29ClN6O2. The van der Waals surface area contributed by atoms with Crippen LogP contribution in [0.5, 0.6) is 0 Å². The third-order valence-electron chi connectivity index (χ3n) is 6.31. The van der Waals surface area contributed by atoms with Crippen LogP contribution in [0, 0.1) is 33.6 Å². The molecule has 0 aliphatic heterocycles. The molecule has 1 unspecified atom stereocenters. The van der Waals surface area contributed by atoms with Crippen LogP contribution in [0.3, 0.4) is 0 Å². The predicted molar refractivity (Wildman–Crippen MR) is 134 cm³/mol. The molecule has 0 saturated heterocycles. The van der Waals surface area contributed by atoms with Gasteiger partial charge in [0.25, 0.3) is 11.5 Å². The molecule has 0 radical (unpaired) electrons. The summed E-state index contributed by atoms with van der Waals surface area (Å²) in [7, 11) is 0. The number of halogens is 1. The lowest BCUT2D eigenvalue weighted by Gasteiger charge is -2.23. The van der Waals surface area contributed by atoms with E-state index in [0.717, 1.165) is 28.1 Å². The molecule has 0 bridgehead atoms. The zero-order chi connectivity index (χ0) is 24.7. The molecule has 9 heteroatoms. The summed E-state index contributed by atoms with van der Waals surface area (Å²) in [4.78, 5) is 28.5. The Bertz CT molecular complexity index is 1450. The van der Waals surface area contributed by atoms with Crippen molar-refractivity contribution in [3.63, 3.8) is 0 Å². The van der Waals surface area contributed by atoms with Gasteiger partial charge in [-0.1, -0.05) is 37.6 Å². The van der Waals surface area contributed by atoms with E-state index in [4.69, 9.17) is 11.6 Å². The van der Waals surface area contributed by atoms with E-state index in [-0.39, 0.29) is 23.4 Å². The van der Waals surface area contributed by atoms with E-state index in [1.807, 2.05) is 50.6 Å². The maximum Gasteiger partial charge on any atom is 0.275 e. The molecule has 1 amide bonds. The number of nitrogens with one attached hydrogen (secondary N) is 2. The van der Waals surface area contributed by atoms with Gasteiger partial charge in [-0.25, -0.2) is 4.52 Å². The smallest absolute Gasteiger partial charge is 0.275 e. The minimum atomic E-state index is -0.306. The van der Waals surface area contributed by atoms with Gasteiger partial charge in [-0.3, -0.25) is 14.3 Å². The van der Waals surface area contributed by atoms with E-state index in [1.54, 1.807) is 12.3 Å². The molecule has 0 fully saturated rings. The van der Waals surface area contributed by atoms with Crippen LogP contribution in [-0.4, -0.2) is 36.8 Å². The zero-order valence-corrected chi connectivity index (χ0v) is 21.0. The first kappa shape index (κ1) is 23.8. The molecule has 0 aliphatic rings. The van der Waals surface area contributed by atoms with Gasteiger partial charge in [-0.05, 0) is 56.9 Å². The van der Waals surface area contributed by atoms with E-state index in [1.165, 1.54) is 4.52 Å². The average molecular weight is 481 g/mol. The Kier molecular flexibility index (Phi) is 6.36. The lowest BCUT2D eigenvalue weighted by Crippen LogP contribution is -2.33. The Morgan fingerprint density at radius 2 is 1.85 bits per heavy atom. The fourth-order valence-corrected chi connectivity index (χ4v) is 4.15. The van der Waals surface area contributed by atoms with Crippen molar-refractivity contribution in [3.8, 4) is 11.4 Å². The number of amides is 1. The van der Waals surface area contributed by atoms with Gasteiger partial charge < -0.3 is 10.3 Å². The summed E-state index contributed by atoms with van der Waals surface area (Å²) in [5, 5.41) is 12.7. The third kappa shape index (κ3) is 4.37. The van der Waals surface area contributed by atoms with Gasteiger partial charge >= 0.3 is 0 Å². The fourth-order valence-electron chi connectivity index (χ4n) is 4.02. The van der Waals surface area contributed by atoms with Crippen molar-refractivity contribution < 1.29 is 4.79 Å². The minimum Gasteiger partial charge on any atom is -0.350 e. The van der Waals surface area contributed by atoms with Crippen molar-refractivity contribution in [2.45, 2.75) is 47.6 Å². The number of carbonyl (C=O) groups excluding carboxylic acids is 1. The van der Waals surface area contributed by atoms with Crippen molar-refractivity contribution in [1.29, 1.82) is 0 Å². The van der Waals surface area contributed by atoms with Gasteiger partial charge in [0, 0.05) is 18.3 Å². The van der Waals surface area contributed by atoms with Crippen molar-refractivity contribution in [2.75, 3.05) is 6.54 Å². The number of aromatic nitrogens is 5. The van der Waals surface area contributed by atoms with E-state index in [2.05, 4.69) is 34.3 Å². The van der Waals surface area contributed by atoms with Crippen LogP contribution < -0.4 is 10.9 Å². The monoisotopic (exact) mass is 480 g/mol. The summed E-state index contributed by atoms with van der Waals surface area (Å²) in [6, 6.07) is 7.37. The van der Waals surface area contributed by atoms with Crippen LogP contribution in [-0.2, 0) is 0 Å². The first-order chi connectivity index (χ1) is 16.1. The number of rotatable bonds is 6. The molecular weight excluding hydrogens is 452 g/mol. The number of aryl methyl sites for hydroxylation is 3. The highest BCUT2D eigenvalue weighted by atomic mass is 35.5. The molecule has 4 aromatic rings. The van der Waals surface area contributed by atoms with Crippen LogP contribution in [0.2, 0.25) is 5.02 Å². The highest BCUT2D eigenvalue weighted by Gasteiger charge is 2.22. The molecule has 1 atom stereocenters. The number of fused-ring (bicyclic) bond motifs is 1. The predicted octanol–water partition coefficient (Wildman–Crippen LogP) is 4.40. The van der Waals surface area contributed by atoms with E-state index in [0.29, 0.717) is 28.5 Å².